The fourth-order valence-electron chi connectivity index (χ4n) is 0.618. The van der Waals surface area contributed by atoms with Crippen molar-refractivity contribution in [2.75, 3.05) is 6.54 Å². The number of imide groups is 1. The summed E-state index contributed by atoms with van der Waals surface area (Å²) in [6.45, 7) is 2.21. The van der Waals surface area contributed by atoms with Gasteiger partial charge in [0.05, 0.1) is 5.92 Å². The summed E-state index contributed by atoms with van der Waals surface area (Å²) in [5.41, 5.74) is 0. The largest absolute Gasteiger partial charge is 0.337 e. The Labute approximate surface area is 52.6 Å². The van der Waals surface area contributed by atoms with Crippen LogP contribution in [-0.4, -0.2) is 18.5 Å². The predicted octanol–water partition coefficient (Wildman–Crippen LogP) is -0.538. The van der Waals surface area contributed by atoms with Crippen LogP contribution in [0.4, 0.5) is 4.79 Å². The molecule has 50 valence electrons. The zero-order valence-electron chi connectivity index (χ0n) is 5.10. The minimum Gasteiger partial charge on any atom is -0.337 e. The third kappa shape index (κ3) is 1.19. The van der Waals surface area contributed by atoms with Crippen molar-refractivity contribution < 1.29 is 9.59 Å². The summed E-state index contributed by atoms with van der Waals surface area (Å²) in [5, 5.41) is 4.63. The van der Waals surface area contributed by atoms with E-state index in [1.807, 2.05) is 0 Å². The lowest BCUT2D eigenvalue weighted by atomic mass is 10.1. The van der Waals surface area contributed by atoms with Gasteiger partial charge in [-0.1, -0.05) is 6.92 Å². The maximum Gasteiger partial charge on any atom is 0.321 e. The van der Waals surface area contributed by atoms with Crippen LogP contribution >= 0.6 is 0 Å². The molecule has 4 nitrogen and oxygen atoms in total. The second kappa shape index (κ2) is 2.05. The molecule has 0 aromatic rings. The van der Waals surface area contributed by atoms with Crippen LogP contribution in [0.5, 0.6) is 0 Å². The SMILES string of the molecule is CC1C[14NH][13C](=O)[14NH]C1=O. The first-order valence-electron chi connectivity index (χ1n) is 2.79. The van der Waals surface area contributed by atoms with Gasteiger partial charge < -0.3 is 5.32 Å². The first-order chi connectivity index (χ1) is 4.20. The van der Waals surface area contributed by atoms with Crippen LogP contribution in [0, 0.1) is 5.92 Å². The number of carbonyl (C=O) groups excluding carboxylic acids is 2. The highest BCUT2D eigenvalue weighted by Gasteiger charge is 2.20. The van der Waals surface area contributed by atoms with Crippen molar-refractivity contribution in [2.45, 2.75) is 6.92 Å². The van der Waals surface area contributed by atoms with E-state index in [0.717, 1.165) is 0 Å². The Hall–Kier alpha value is -1.06. The molecule has 0 aromatic carbocycles. The number of rotatable bonds is 0. The van der Waals surface area contributed by atoms with E-state index in [1.54, 1.807) is 6.92 Å². The minimum atomic E-state index is -0.391. The van der Waals surface area contributed by atoms with E-state index in [2.05, 4.69) is 10.6 Å². The maximum atomic E-state index is 10.6. The first kappa shape index (κ1) is 6.07. The summed E-state index contributed by atoms with van der Waals surface area (Å²) in [7, 11) is 0. The van der Waals surface area contributed by atoms with Gasteiger partial charge in [0.15, 0.2) is 0 Å². The third-order valence-electron chi connectivity index (χ3n) is 1.25. The van der Waals surface area contributed by atoms with Gasteiger partial charge in [-0.25, -0.2) is 4.79 Å². The van der Waals surface area contributed by atoms with Crippen LogP contribution < -0.4 is 10.6 Å². The third-order valence-corrected chi connectivity index (χ3v) is 1.25. The van der Waals surface area contributed by atoms with Crippen molar-refractivity contribution >= 4 is 11.9 Å². The van der Waals surface area contributed by atoms with Gasteiger partial charge in [-0.2, -0.15) is 0 Å². The molecular formula is C5H8N2O2. The second-order valence-corrected chi connectivity index (χ2v) is 2.10. The molecule has 1 fully saturated rings. The van der Waals surface area contributed by atoms with E-state index in [0.29, 0.717) is 6.54 Å². The van der Waals surface area contributed by atoms with Crippen molar-refractivity contribution in [2.24, 2.45) is 5.92 Å². The van der Waals surface area contributed by atoms with Gasteiger partial charge in [-0.3, -0.25) is 10.1 Å². The first-order valence-corrected chi connectivity index (χ1v) is 2.79. The number of hydrogen-bond donors (Lipinski definition) is 2. The van der Waals surface area contributed by atoms with Gasteiger partial charge in [0.1, 0.15) is 0 Å². The van der Waals surface area contributed by atoms with Gasteiger partial charge in [-0.05, 0) is 0 Å². The molecule has 1 unspecified atom stereocenters. The zero-order valence-corrected chi connectivity index (χ0v) is 5.10. The van der Waals surface area contributed by atoms with Gasteiger partial charge in [0.2, 0.25) is 5.91 Å². The lowest BCUT2D eigenvalue weighted by molar-refractivity contribution is -0.123. The highest BCUT2D eigenvalue weighted by atomic mass is 16.2. The predicted molar refractivity (Wildman–Crippen MR) is 30.7 cm³/mol. The summed E-state index contributed by atoms with van der Waals surface area (Å²) in [6.07, 6.45) is 0. The van der Waals surface area contributed by atoms with Crippen LogP contribution in [0.25, 0.3) is 0 Å². The van der Waals surface area contributed by atoms with Crippen LogP contribution in [0.3, 0.4) is 0 Å². The summed E-state index contributed by atoms with van der Waals surface area (Å²) >= 11 is 0. The molecule has 0 aromatic heterocycles. The number of hydrogen-bond acceptors (Lipinski definition) is 2. The molecule has 0 radical (unpaired) electrons. The summed E-state index contributed by atoms with van der Waals surface area (Å²) in [4.78, 5) is 21.0. The molecule has 1 heterocycles. The van der Waals surface area contributed by atoms with Gasteiger partial charge >= 0.3 is 6.03 Å². The molecule has 3 amide bonds. The van der Waals surface area contributed by atoms with Crippen molar-refractivity contribution in [3.8, 4) is 0 Å². The van der Waals surface area contributed by atoms with Crippen LogP contribution in [0.2, 0.25) is 0 Å². The molecule has 2 N–H and O–H groups in total. The van der Waals surface area contributed by atoms with E-state index in [-0.39, 0.29) is 11.8 Å². The molecule has 1 rings (SSSR count). The van der Waals surface area contributed by atoms with Gasteiger partial charge in [0.25, 0.3) is 0 Å². The van der Waals surface area contributed by atoms with Crippen molar-refractivity contribution in [3.05, 3.63) is 0 Å². The molecule has 1 aliphatic rings. The Balaban J connectivity index is 2.54. The lowest BCUT2D eigenvalue weighted by Crippen LogP contribution is -2.51. The smallest absolute Gasteiger partial charge is 0.321 e. The molecule has 9 heavy (non-hydrogen) atoms. The monoisotopic (exact) mass is 129 g/mol. The highest BCUT2D eigenvalue weighted by molar-refractivity contribution is 5.97. The second-order valence-electron chi connectivity index (χ2n) is 2.10. The Morgan fingerprint density at radius 1 is 1.56 bits per heavy atom. The fraction of sp³-hybridized carbons (Fsp3) is 0.600. The average molecular weight is 129 g/mol. The number of carbonyl (C=O) groups is 2. The molecular weight excluding hydrogens is 121 g/mol. The van der Waals surface area contributed by atoms with Crippen LogP contribution in [0.15, 0.2) is 0 Å². The Morgan fingerprint density at radius 3 is 2.67 bits per heavy atom. The normalized spacial score (nSPS) is 27.0. The molecule has 0 bridgehead atoms. The molecule has 0 spiro atoms. The topological polar surface area (TPSA) is 58.2 Å². The number of nitrogens with one attached hydrogen (secondary N) is 2. The van der Waals surface area contributed by atoms with E-state index in [1.165, 1.54) is 0 Å². The number of urea groups is 1. The maximum absolute atomic E-state index is 10.6. The Bertz CT molecular complexity index is 155. The standard InChI is InChI=1S/C5H8N2O2/c1-3-2-6-5(9)7-4(3)8/h3H,2H2,1H3,(H2,6,7,8,9)/i5+1,6+0,7+0. The summed E-state index contributed by atoms with van der Waals surface area (Å²) < 4.78 is 0. The molecule has 1 saturated heterocycles. The molecule has 1 aliphatic heterocycles. The van der Waals surface area contributed by atoms with Crippen molar-refractivity contribution in [1.29, 1.82) is 0 Å². The van der Waals surface area contributed by atoms with E-state index in [9.17, 15) is 9.59 Å². The van der Waals surface area contributed by atoms with Crippen molar-refractivity contribution in [3.63, 3.8) is 0 Å². The van der Waals surface area contributed by atoms with Crippen LogP contribution in [-0.2, 0) is 4.79 Å². The summed E-state index contributed by atoms with van der Waals surface area (Å²) in [5.74, 6) is -0.290. The molecule has 4 heteroatoms. The highest BCUT2D eigenvalue weighted by Crippen LogP contribution is 1.95. The summed E-state index contributed by atoms with van der Waals surface area (Å²) in [6, 6.07) is -0.391. The minimum absolute atomic E-state index is 0.0947. The molecule has 1 atom stereocenters. The Morgan fingerprint density at radius 2 is 2.22 bits per heavy atom. The quantitative estimate of drug-likeness (QED) is 0.431. The Kier molecular flexibility index (Phi) is 1.38. The fourth-order valence-corrected chi connectivity index (χ4v) is 0.618. The molecule has 0 aliphatic carbocycles. The zero-order chi connectivity index (χ0) is 6.85. The van der Waals surface area contributed by atoms with Crippen LogP contribution in [0.1, 0.15) is 6.92 Å². The lowest BCUT2D eigenvalue weighted by Gasteiger charge is -2.17. The number of amides is 3. The van der Waals surface area contributed by atoms with Crippen molar-refractivity contribution in [1.82, 2.24) is 10.6 Å². The van der Waals surface area contributed by atoms with Gasteiger partial charge in [0, 0.05) is 6.54 Å². The van der Waals surface area contributed by atoms with Gasteiger partial charge in [-0.15, -0.1) is 0 Å². The van der Waals surface area contributed by atoms with E-state index >= 15 is 0 Å². The average Bonchev–Trinajstić information content (AvgIpc) is 1.80. The molecule has 0 saturated carbocycles. The van der Waals surface area contributed by atoms with E-state index < -0.39 is 6.03 Å². The van der Waals surface area contributed by atoms with E-state index in [4.69, 9.17) is 0 Å².